The van der Waals surface area contributed by atoms with E-state index in [2.05, 4.69) is 10.3 Å². The lowest BCUT2D eigenvalue weighted by Crippen LogP contribution is -2.45. The number of para-hydroxylation sites is 1. The van der Waals surface area contributed by atoms with Gasteiger partial charge < -0.3 is 10.2 Å². The summed E-state index contributed by atoms with van der Waals surface area (Å²) in [6.07, 6.45) is 3.29. The molecule has 7 heteroatoms. The normalized spacial score (nSPS) is 15.1. The van der Waals surface area contributed by atoms with E-state index in [0.29, 0.717) is 32.5 Å². The minimum Gasteiger partial charge on any atom is -0.342 e. The molecule has 0 unspecified atom stereocenters. The topological polar surface area (TPSA) is 65.5 Å². The van der Waals surface area contributed by atoms with Crippen LogP contribution in [0.2, 0.25) is 0 Å². The largest absolute Gasteiger partial charge is 0.342 e. The molecule has 2 heterocycles. The van der Waals surface area contributed by atoms with Crippen molar-refractivity contribution in [2.75, 3.05) is 32.0 Å². The predicted octanol–water partition coefficient (Wildman–Crippen LogP) is 2.76. The maximum atomic E-state index is 12.5. The van der Waals surface area contributed by atoms with Crippen LogP contribution in [0.25, 0.3) is 0 Å². The number of piperidine rings is 1. The number of anilines is 1. The number of rotatable bonds is 6. The molecule has 1 N–H and O–H groups in total. The van der Waals surface area contributed by atoms with Gasteiger partial charge in [-0.3, -0.25) is 14.5 Å². The van der Waals surface area contributed by atoms with Crippen molar-refractivity contribution in [2.24, 2.45) is 5.92 Å². The van der Waals surface area contributed by atoms with Gasteiger partial charge in [0, 0.05) is 42.3 Å². The van der Waals surface area contributed by atoms with Gasteiger partial charge in [-0.15, -0.1) is 11.3 Å². The molecular weight excluding hydrogens is 360 g/mol. The van der Waals surface area contributed by atoms with E-state index in [4.69, 9.17) is 0 Å². The van der Waals surface area contributed by atoms with E-state index in [9.17, 15) is 9.59 Å². The van der Waals surface area contributed by atoms with Gasteiger partial charge in [-0.25, -0.2) is 4.98 Å². The molecule has 1 saturated heterocycles. The molecule has 1 aliphatic rings. The molecule has 0 spiro atoms. The number of aromatic nitrogens is 1. The number of hydrogen-bond acceptors (Lipinski definition) is 5. The first kappa shape index (κ1) is 19.5. The van der Waals surface area contributed by atoms with Crippen molar-refractivity contribution in [3.8, 4) is 0 Å². The molecule has 1 aliphatic heterocycles. The molecule has 6 nitrogen and oxygen atoms in total. The molecule has 0 aliphatic carbocycles. The van der Waals surface area contributed by atoms with Crippen LogP contribution < -0.4 is 5.32 Å². The number of thiazole rings is 1. The van der Waals surface area contributed by atoms with E-state index in [0.717, 1.165) is 17.2 Å². The number of hydrogen-bond donors (Lipinski definition) is 1. The number of nitrogens with one attached hydrogen (secondary N) is 1. The predicted molar refractivity (Wildman–Crippen MR) is 108 cm³/mol. The highest BCUT2D eigenvalue weighted by Crippen LogP contribution is 2.20. The van der Waals surface area contributed by atoms with Gasteiger partial charge in [0.1, 0.15) is 0 Å². The highest BCUT2D eigenvalue weighted by molar-refractivity contribution is 7.11. The zero-order valence-corrected chi connectivity index (χ0v) is 16.7. The highest BCUT2D eigenvalue weighted by Gasteiger charge is 2.27. The summed E-state index contributed by atoms with van der Waals surface area (Å²) in [7, 11) is 1.95. The minimum atomic E-state index is -0.0350. The number of amides is 2. The molecule has 0 atom stereocenters. The van der Waals surface area contributed by atoms with E-state index in [1.165, 1.54) is 4.88 Å². The zero-order valence-electron chi connectivity index (χ0n) is 15.9. The van der Waals surface area contributed by atoms with Gasteiger partial charge in [0.05, 0.1) is 11.6 Å². The number of carbonyl (C=O) groups excluding carboxylic acids is 2. The third-order valence-corrected chi connectivity index (χ3v) is 5.66. The molecule has 0 bridgehead atoms. The van der Waals surface area contributed by atoms with Gasteiger partial charge in [0.25, 0.3) is 0 Å². The van der Waals surface area contributed by atoms with Gasteiger partial charge in [0.2, 0.25) is 11.8 Å². The third kappa shape index (κ3) is 5.61. The summed E-state index contributed by atoms with van der Waals surface area (Å²) in [5, 5.41) is 4.00. The Morgan fingerprint density at radius 3 is 2.59 bits per heavy atom. The Hall–Kier alpha value is -2.25. The Labute approximate surface area is 164 Å². The molecular formula is C20H26N4O2S. The van der Waals surface area contributed by atoms with Gasteiger partial charge >= 0.3 is 0 Å². The molecule has 1 aromatic heterocycles. The van der Waals surface area contributed by atoms with Crippen LogP contribution in [-0.2, 0) is 16.1 Å². The quantitative estimate of drug-likeness (QED) is 0.829. The summed E-state index contributed by atoms with van der Waals surface area (Å²) in [5.74, 6) is 0.138. The van der Waals surface area contributed by atoms with Crippen molar-refractivity contribution in [3.05, 3.63) is 46.4 Å². The number of likely N-dealkylation sites (tertiary alicyclic amines) is 1. The van der Waals surface area contributed by atoms with Gasteiger partial charge in [-0.05, 0) is 38.9 Å². The SMILES string of the molecule is Cc1ncc(CN(C)CC(=O)N2CCC(C(=O)Nc3ccccc3)CC2)s1. The Morgan fingerprint density at radius 1 is 1.26 bits per heavy atom. The molecule has 27 heavy (non-hydrogen) atoms. The zero-order chi connectivity index (χ0) is 19.2. The molecule has 3 rings (SSSR count). The van der Waals surface area contributed by atoms with Gasteiger partial charge in [-0.2, -0.15) is 0 Å². The summed E-state index contributed by atoms with van der Waals surface area (Å²) < 4.78 is 0. The second kappa shape index (κ2) is 9.10. The van der Waals surface area contributed by atoms with Crippen molar-refractivity contribution in [1.29, 1.82) is 0 Å². The fraction of sp³-hybridized carbons (Fsp3) is 0.450. The van der Waals surface area contributed by atoms with E-state index in [1.54, 1.807) is 11.3 Å². The molecule has 1 fully saturated rings. The van der Waals surface area contributed by atoms with Crippen LogP contribution in [0.5, 0.6) is 0 Å². The summed E-state index contributed by atoms with van der Waals surface area (Å²) in [5.41, 5.74) is 0.820. The monoisotopic (exact) mass is 386 g/mol. The van der Waals surface area contributed by atoms with Crippen LogP contribution in [0.1, 0.15) is 22.7 Å². The van der Waals surface area contributed by atoms with Crippen molar-refractivity contribution in [3.63, 3.8) is 0 Å². The number of likely N-dealkylation sites (N-methyl/N-ethyl adjacent to an activating group) is 1. The molecule has 144 valence electrons. The van der Waals surface area contributed by atoms with Crippen molar-refractivity contribution < 1.29 is 9.59 Å². The van der Waals surface area contributed by atoms with Crippen molar-refractivity contribution in [1.82, 2.24) is 14.8 Å². The summed E-state index contributed by atoms with van der Waals surface area (Å²) in [4.78, 5) is 34.3. The summed E-state index contributed by atoms with van der Waals surface area (Å²) in [6, 6.07) is 9.50. The molecule has 2 amide bonds. The second-order valence-electron chi connectivity index (χ2n) is 7.03. The lowest BCUT2D eigenvalue weighted by atomic mass is 9.95. The second-order valence-corrected chi connectivity index (χ2v) is 8.35. The first-order valence-corrected chi connectivity index (χ1v) is 10.1. The number of aryl methyl sites for hydroxylation is 1. The summed E-state index contributed by atoms with van der Waals surface area (Å²) in [6.45, 7) is 4.38. The smallest absolute Gasteiger partial charge is 0.236 e. The lowest BCUT2D eigenvalue weighted by Gasteiger charge is -2.32. The maximum absolute atomic E-state index is 12.5. The van der Waals surface area contributed by atoms with Crippen molar-refractivity contribution >= 4 is 28.8 Å². The van der Waals surface area contributed by atoms with Crippen LogP contribution >= 0.6 is 11.3 Å². The molecule has 0 saturated carbocycles. The average Bonchev–Trinajstić information content (AvgIpc) is 3.07. The number of nitrogens with zero attached hydrogens (tertiary/aromatic N) is 3. The fourth-order valence-electron chi connectivity index (χ4n) is 3.29. The van der Waals surface area contributed by atoms with Gasteiger partial charge in [-0.1, -0.05) is 18.2 Å². The third-order valence-electron chi connectivity index (χ3n) is 4.76. The molecule has 0 radical (unpaired) electrons. The van der Waals surface area contributed by atoms with Gasteiger partial charge in [0.15, 0.2) is 0 Å². The van der Waals surface area contributed by atoms with E-state index in [-0.39, 0.29) is 17.7 Å². The van der Waals surface area contributed by atoms with Crippen LogP contribution in [0, 0.1) is 12.8 Å². The number of carbonyl (C=O) groups is 2. The summed E-state index contributed by atoms with van der Waals surface area (Å²) >= 11 is 1.66. The van der Waals surface area contributed by atoms with Crippen LogP contribution in [0.3, 0.4) is 0 Å². The highest BCUT2D eigenvalue weighted by atomic mass is 32.1. The van der Waals surface area contributed by atoms with Crippen LogP contribution in [0.15, 0.2) is 36.5 Å². The first-order valence-electron chi connectivity index (χ1n) is 9.25. The first-order chi connectivity index (χ1) is 13.0. The number of benzene rings is 1. The van der Waals surface area contributed by atoms with Crippen LogP contribution in [0.4, 0.5) is 5.69 Å². The van der Waals surface area contributed by atoms with E-state index < -0.39 is 0 Å². The fourth-order valence-corrected chi connectivity index (χ4v) is 4.16. The molecule has 1 aromatic carbocycles. The van der Waals surface area contributed by atoms with E-state index in [1.807, 2.05) is 60.3 Å². The lowest BCUT2D eigenvalue weighted by molar-refractivity contribution is -0.135. The Kier molecular flexibility index (Phi) is 6.58. The minimum absolute atomic E-state index is 0.0350. The average molecular weight is 387 g/mol. The Bertz CT molecular complexity index is 769. The maximum Gasteiger partial charge on any atom is 0.236 e. The Balaban J connectivity index is 1.42. The molecule has 2 aromatic rings. The standard InChI is InChI=1S/C20H26N4O2S/c1-15-21-12-18(27-15)13-23(2)14-19(25)24-10-8-16(9-11-24)20(26)22-17-6-4-3-5-7-17/h3-7,12,16H,8-11,13-14H2,1-2H3,(H,22,26). The van der Waals surface area contributed by atoms with E-state index >= 15 is 0 Å². The Morgan fingerprint density at radius 2 is 1.96 bits per heavy atom. The van der Waals surface area contributed by atoms with Crippen molar-refractivity contribution in [2.45, 2.75) is 26.3 Å². The van der Waals surface area contributed by atoms with Crippen LogP contribution in [-0.4, -0.2) is 53.3 Å².